The van der Waals surface area contributed by atoms with Gasteiger partial charge in [-0.25, -0.2) is 0 Å². The molecule has 0 saturated heterocycles. The Morgan fingerprint density at radius 3 is 2.60 bits per heavy atom. The van der Waals surface area contributed by atoms with Crippen LogP contribution in [0.3, 0.4) is 0 Å². The Morgan fingerprint density at radius 2 is 2.07 bits per heavy atom. The van der Waals surface area contributed by atoms with Crippen LogP contribution in [0.25, 0.3) is 0 Å². The van der Waals surface area contributed by atoms with E-state index in [2.05, 4.69) is 0 Å². The molecule has 0 unspecified atom stereocenters. The number of benzene rings is 1. The highest BCUT2D eigenvalue weighted by atomic mass is 19.4. The summed E-state index contributed by atoms with van der Waals surface area (Å²) in [4.78, 5) is 0. The van der Waals surface area contributed by atoms with Gasteiger partial charge in [0.2, 0.25) is 0 Å². The number of ether oxygens (including phenoxy) is 1. The van der Waals surface area contributed by atoms with Crippen LogP contribution in [0.5, 0.6) is 5.75 Å². The first-order chi connectivity index (χ1) is 6.95. The fraction of sp³-hybridized carbons (Fsp3) is 0.400. The molecule has 0 amide bonds. The average Bonchev–Trinajstić information content (AvgIpc) is 2.16. The lowest BCUT2D eigenvalue weighted by atomic mass is 10.1. The van der Waals surface area contributed by atoms with Crippen LogP contribution in [0.2, 0.25) is 0 Å². The molecule has 15 heavy (non-hydrogen) atoms. The topological polar surface area (TPSA) is 29.5 Å². The molecule has 0 radical (unpaired) electrons. The van der Waals surface area contributed by atoms with Gasteiger partial charge in [-0.3, -0.25) is 0 Å². The maximum Gasteiger partial charge on any atom is 0.418 e. The van der Waals surface area contributed by atoms with E-state index < -0.39 is 12.3 Å². The van der Waals surface area contributed by atoms with Crippen molar-refractivity contribution >= 4 is 0 Å². The summed E-state index contributed by atoms with van der Waals surface area (Å²) in [6.45, 7) is 2.10. The highest BCUT2D eigenvalue weighted by Crippen LogP contribution is 2.33. The van der Waals surface area contributed by atoms with Crippen LogP contribution in [0.15, 0.2) is 24.3 Å². The second-order valence-electron chi connectivity index (χ2n) is 2.95. The van der Waals surface area contributed by atoms with Crippen LogP contribution in [-0.2, 0) is 0 Å². The molecule has 0 fully saturated rings. The van der Waals surface area contributed by atoms with Crippen molar-refractivity contribution in [1.29, 1.82) is 0 Å². The Balaban J connectivity index is 2.90. The number of aliphatic hydroxyl groups excluding tert-OH is 1. The quantitative estimate of drug-likeness (QED) is 0.848. The number of hydrogen-bond acceptors (Lipinski definition) is 2. The van der Waals surface area contributed by atoms with Gasteiger partial charge in [0.15, 0.2) is 6.10 Å². The molecule has 0 saturated carbocycles. The second-order valence-corrected chi connectivity index (χ2v) is 2.95. The minimum Gasteiger partial charge on any atom is -0.494 e. The molecule has 0 heterocycles. The molecule has 0 aliphatic heterocycles. The highest BCUT2D eigenvalue weighted by Gasteiger charge is 2.39. The fourth-order valence-electron chi connectivity index (χ4n) is 1.13. The van der Waals surface area contributed by atoms with E-state index in [1.807, 2.05) is 0 Å². The normalized spacial score (nSPS) is 13.7. The molecule has 0 aromatic heterocycles. The molecule has 0 spiro atoms. The second kappa shape index (κ2) is 4.53. The van der Waals surface area contributed by atoms with E-state index in [1.54, 1.807) is 6.92 Å². The number of hydrogen-bond donors (Lipinski definition) is 1. The predicted molar refractivity (Wildman–Crippen MR) is 48.6 cm³/mol. The van der Waals surface area contributed by atoms with Gasteiger partial charge in [0.05, 0.1) is 6.61 Å². The highest BCUT2D eigenvalue weighted by molar-refractivity contribution is 5.30. The van der Waals surface area contributed by atoms with Crippen molar-refractivity contribution in [3.05, 3.63) is 29.8 Å². The third kappa shape index (κ3) is 3.13. The first-order valence-corrected chi connectivity index (χ1v) is 4.42. The molecule has 1 aromatic rings. The Morgan fingerprint density at radius 1 is 1.40 bits per heavy atom. The molecular formula is C10H11F3O2. The van der Waals surface area contributed by atoms with E-state index >= 15 is 0 Å². The molecule has 0 aliphatic carbocycles. The molecular weight excluding hydrogens is 209 g/mol. The molecule has 0 bridgehead atoms. The number of alkyl halides is 3. The molecule has 2 nitrogen and oxygen atoms in total. The number of rotatable bonds is 3. The summed E-state index contributed by atoms with van der Waals surface area (Å²) in [6, 6.07) is 5.34. The third-order valence-corrected chi connectivity index (χ3v) is 1.79. The van der Waals surface area contributed by atoms with Gasteiger partial charge < -0.3 is 9.84 Å². The van der Waals surface area contributed by atoms with Crippen molar-refractivity contribution in [3.63, 3.8) is 0 Å². The molecule has 1 aromatic carbocycles. The van der Waals surface area contributed by atoms with Gasteiger partial charge in [-0.05, 0) is 24.6 Å². The number of halogens is 3. The van der Waals surface area contributed by atoms with Crippen LogP contribution < -0.4 is 4.74 Å². The summed E-state index contributed by atoms with van der Waals surface area (Å²) in [5, 5.41) is 8.97. The molecule has 5 heteroatoms. The van der Waals surface area contributed by atoms with Crippen molar-refractivity contribution in [2.75, 3.05) is 6.61 Å². The van der Waals surface area contributed by atoms with E-state index in [-0.39, 0.29) is 5.56 Å². The first-order valence-electron chi connectivity index (χ1n) is 4.42. The van der Waals surface area contributed by atoms with Crippen molar-refractivity contribution in [1.82, 2.24) is 0 Å². The molecule has 1 N–H and O–H groups in total. The van der Waals surface area contributed by atoms with Crippen LogP contribution in [0.4, 0.5) is 13.2 Å². The summed E-state index contributed by atoms with van der Waals surface area (Å²) in [5.74, 6) is 0.318. The van der Waals surface area contributed by atoms with E-state index in [0.29, 0.717) is 12.4 Å². The lowest BCUT2D eigenvalue weighted by Gasteiger charge is -2.15. The lowest BCUT2D eigenvalue weighted by Crippen LogP contribution is -2.20. The van der Waals surface area contributed by atoms with Crippen molar-refractivity contribution in [2.24, 2.45) is 0 Å². The lowest BCUT2D eigenvalue weighted by molar-refractivity contribution is -0.206. The summed E-state index contributed by atoms with van der Waals surface area (Å²) >= 11 is 0. The van der Waals surface area contributed by atoms with Gasteiger partial charge in [-0.15, -0.1) is 0 Å². The van der Waals surface area contributed by atoms with Crippen LogP contribution >= 0.6 is 0 Å². The van der Waals surface area contributed by atoms with E-state index in [1.165, 1.54) is 24.3 Å². The molecule has 1 rings (SSSR count). The fourth-order valence-corrected chi connectivity index (χ4v) is 1.13. The van der Waals surface area contributed by atoms with E-state index in [9.17, 15) is 13.2 Å². The average molecular weight is 220 g/mol. The minimum absolute atomic E-state index is 0.214. The Labute approximate surface area is 85.3 Å². The van der Waals surface area contributed by atoms with E-state index in [4.69, 9.17) is 9.84 Å². The zero-order chi connectivity index (χ0) is 11.5. The first kappa shape index (κ1) is 11.8. The minimum atomic E-state index is -4.65. The van der Waals surface area contributed by atoms with Gasteiger partial charge in [0.1, 0.15) is 5.75 Å². The Bertz CT molecular complexity index is 323. The van der Waals surface area contributed by atoms with Crippen molar-refractivity contribution in [2.45, 2.75) is 19.2 Å². The van der Waals surface area contributed by atoms with Gasteiger partial charge in [0, 0.05) is 0 Å². The zero-order valence-corrected chi connectivity index (χ0v) is 8.08. The third-order valence-electron chi connectivity index (χ3n) is 1.79. The van der Waals surface area contributed by atoms with Crippen LogP contribution in [-0.4, -0.2) is 17.9 Å². The maximum atomic E-state index is 12.2. The summed E-state index contributed by atoms with van der Waals surface area (Å²) in [6.07, 6.45) is -7.11. The predicted octanol–water partition coefficient (Wildman–Crippen LogP) is 2.68. The van der Waals surface area contributed by atoms with Gasteiger partial charge in [-0.1, -0.05) is 12.1 Å². The van der Waals surface area contributed by atoms with Gasteiger partial charge in [0.25, 0.3) is 0 Å². The van der Waals surface area contributed by atoms with Gasteiger partial charge >= 0.3 is 6.18 Å². The van der Waals surface area contributed by atoms with E-state index in [0.717, 1.165) is 0 Å². The largest absolute Gasteiger partial charge is 0.494 e. The summed E-state index contributed by atoms with van der Waals surface area (Å²) < 4.78 is 41.5. The SMILES string of the molecule is CCOc1cccc([C@H](O)C(F)(F)F)c1. The van der Waals surface area contributed by atoms with Crippen molar-refractivity contribution < 1.29 is 23.0 Å². The van der Waals surface area contributed by atoms with Gasteiger partial charge in [-0.2, -0.15) is 13.2 Å². The van der Waals surface area contributed by atoms with Crippen molar-refractivity contribution in [3.8, 4) is 5.75 Å². The molecule has 1 atom stereocenters. The Hall–Kier alpha value is -1.23. The standard InChI is InChI=1S/C10H11F3O2/c1-2-15-8-5-3-4-7(6-8)9(14)10(11,12)13/h3-6,9,14H,2H2,1H3/t9-/m0/s1. The Kier molecular flexibility index (Phi) is 3.57. The maximum absolute atomic E-state index is 12.2. The number of aliphatic hydroxyl groups is 1. The molecule has 0 aliphatic rings. The monoisotopic (exact) mass is 220 g/mol. The summed E-state index contributed by atoms with van der Waals surface area (Å²) in [7, 11) is 0. The summed E-state index contributed by atoms with van der Waals surface area (Å²) in [5.41, 5.74) is -0.214. The zero-order valence-electron chi connectivity index (χ0n) is 8.08. The molecule has 84 valence electrons. The van der Waals surface area contributed by atoms with Crippen LogP contribution in [0, 0.1) is 0 Å². The van der Waals surface area contributed by atoms with Crippen LogP contribution in [0.1, 0.15) is 18.6 Å². The smallest absolute Gasteiger partial charge is 0.418 e.